The predicted molar refractivity (Wildman–Crippen MR) is 66.0 cm³/mol. The molecule has 1 nitrogen and oxygen atoms in total. The summed E-state index contributed by atoms with van der Waals surface area (Å²) in [5.74, 6) is 2.71. The summed E-state index contributed by atoms with van der Waals surface area (Å²) < 4.78 is 0. The van der Waals surface area contributed by atoms with Crippen molar-refractivity contribution in [2.24, 2.45) is 29.1 Å². The van der Waals surface area contributed by atoms with Gasteiger partial charge in [0.2, 0.25) is 0 Å². The molecular weight excluding hydrogens is 196 g/mol. The van der Waals surface area contributed by atoms with E-state index in [0.29, 0.717) is 23.2 Å². The van der Waals surface area contributed by atoms with Gasteiger partial charge in [0.1, 0.15) is 0 Å². The highest BCUT2D eigenvalue weighted by Gasteiger charge is 2.65. The van der Waals surface area contributed by atoms with Gasteiger partial charge in [0.15, 0.2) is 0 Å². The molecule has 5 atom stereocenters. The van der Waals surface area contributed by atoms with Gasteiger partial charge >= 0.3 is 0 Å². The lowest BCUT2D eigenvalue weighted by Gasteiger charge is -2.24. The first-order valence-electron chi connectivity index (χ1n) is 6.82. The summed E-state index contributed by atoms with van der Waals surface area (Å²) in [6.07, 6.45) is 3.61. The van der Waals surface area contributed by atoms with Gasteiger partial charge in [-0.05, 0) is 55.3 Å². The average molecular weight is 220 g/mol. The van der Waals surface area contributed by atoms with Crippen LogP contribution in [0.2, 0.25) is 0 Å². The van der Waals surface area contributed by atoms with E-state index in [1.54, 1.807) is 11.1 Å². The number of aliphatic hydroxyl groups excluding tert-OH is 1. The van der Waals surface area contributed by atoms with Crippen molar-refractivity contribution in [2.75, 3.05) is 0 Å². The Labute approximate surface area is 98.9 Å². The minimum absolute atomic E-state index is 0.0547. The van der Waals surface area contributed by atoms with Crippen molar-refractivity contribution in [1.82, 2.24) is 0 Å². The van der Waals surface area contributed by atoms with Gasteiger partial charge in [0.05, 0.1) is 6.10 Å². The van der Waals surface area contributed by atoms with Gasteiger partial charge in [0.25, 0.3) is 0 Å². The molecule has 0 bridgehead atoms. The molecule has 0 saturated heterocycles. The summed E-state index contributed by atoms with van der Waals surface area (Å²) in [6, 6.07) is 0. The summed E-state index contributed by atoms with van der Waals surface area (Å²) in [4.78, 5) is 0. The largest absolute Gasteiger partial charge is 0.393 e. The quantitative estimate of drug-likeness (QED) is 0.620. The Balaban J connectivity index is 2.02. The fourth-order valence-corrected chi connectivity index (χ4v) is 4.76. The molecule has 2 saturated carbocycles. The van der Waals surface area contributed by atoms with Crippen molar-refractivity contribution in [2.45, 2.75) is 53.1 Å². The van der Waals surface area contributed by atoms with Gasteiger partial charge in [-0.15, -0.1) is 0 Å². The van der Waals surface area contributed by atoms with Crippen molar-refractivity contribution in [3.05, 3.63) is 11.1 Å². The smallest absolute Gasteiger partial charge is 0.0582 e. The second kappa shape index (κ2) is 3.13. The van der Waals surface area contributed by atoms with Crippen LogP contribution in [-0.4, -0.2) is 11.2 Å². The molecule has 3 aliphatic carbocycles. The summed E-state index contributed by atoms with van der Waals surface area (Å²) >= 11 is 0. The number of rotatable bonds is 0. The fraction of sp³-hybridized carbons (Fsp3) is 0.867. The number of hydrogen-bond acceptors (Lipinski definition) is 1. The van der Waals surface area contributed by atoms with E-state index in [9.17, 15) is 5.11 Å². The van der Waals surface area contributed by atoms with E-state index in [1.807, 2.05) is 0 Å². The van der Waals surface area contributed by atoms with Crippen LogP contribution in [0.5, 0.6) is 0 Å². The first kappa shape index (κ1) is 10.8. The first-order valence-corrected chi connectivity index (χ1v) is 6.82. The molecule has 2 fully saturated rings. The third-order valence-corrected chi connectivity index (χ3v) is 5.68. The number of fused-ring (bicyclic) bond motifs is 3. The molecule has 0 aromatic carbocycles. The third kappa shape index (κ3) is 1.21. The maximum Gasteiger partial charge on any atom is 0.0582 e. The molecule has 0 heterocycles. The van der Waals surface area contributed by atoms with Gasteiger partial charge in [-0.3, -0.25) is 0 Å². The van der Waals surface area contributed by atoms with E-state index >= 15 is 0 Å². The topological polar surface area (TPSA) is 20.2 Å². The van der Waals surface area contributed by atoms with Crippen molar-refractivity contribution in [3.8, 4) is 0 Å². The molecule has 0 aliphatic heterocycles. The zero-order chi connectivity index (χ0) is 11.7. The number of allylic oxidation sites excluding steroid dienone is 2. The number of aliphatic hydroxyl groups is 1. The second-order valence-corrected chi connectivity index (χ2v) is 6.99. The monoisotopic (exact) mass is 220 g/mol. The SMILES string of the molecule is CC1=C2[C@H](CC1)[C@H](C)C[C@H](O)[C@@H]1[C@H]2C1(C)C. The number of hydrogen-bond donors (Lipinski definition) is 1. The Hall–Kier alpha value is -0.300. The average Bonchev–Trinajstić information content (AvgIpc) is 2.58. The first-order chi connectivity index (χ1) is 7.44. The summed E-state index contributed by atoms with van der Waals surface area (Å²) in [5.41, 5.74) is 3.75. The molecule has 90 valence electrons. The second-order valence-electron chi connectivity index (χ2n) is 6.99. The molecule has 3 rings (SSSR count). The van der Waals surface area contributed by atoms with Crippen LogP contribution in [0.4, 0.5) is 0 Å². The molecule has 1 N–H and O–H groups in total. The van der Waals surface area contributed by atoms with Crippen LogP contribution >= 0.6 is 0 Å². The highest BCUT2D eigenvalue weighted by molar-refractivity contribution is 5.35. The molecule has 1 heteroatoms. The van der Waals surface area contributed by atoms with Crippen molar-refractivity contribution >= 4 is 0 Å². The van der Waals surface area contributed by atoms with E-state index in [4.69, 9.17) is 0 Å². The highest BCUT2D eigenvalue weighted by Crippen LogP contribution is 2.69. The van der Waals surface area contributed by atoms with E-state index in [-0.39, 0.29) is 6.10 Å². The molecule has 0 amide bonds. The maximum atomic E-state index is 10.3. The molecule has 0 spiro atoms. The zero-order valence-corrected chi connectivity index (χ0v) is 11.0. The Morgan fingerprint density at radius 2 is 2.00 bits per heavy atom. The maximum absolute atomic E-state index is 10.3. The molecule has 0 unspecified atom stereocenters. The highest BCUT2D eigenvalue weighted by atomic mass is 16.3. The zero-order valence-electron chi connectivity index (χ0n) is 11.0. The molecule has 0 radical (unpaired) electrons. The molecular formula is C15H24O. The lowest BCUT2D eigenvalue weighted by atomic mass is 9.82. The normalized spacial score (nSPS) is 49.7. The lowest BCUT2D eigenvalue weighted by Crippen LogP contribution is -2.20. The Morgan fingerprint density at radius 3 is 2.69 bits per heavy atom. The third-order valence-electron chi connectivity index (χ3n) is 5.68. The van der Waals surface area contributed by atoms with Crippen LogP contribution < -0.4 is 0 Å². The van der Waals surface area contributed by atoms with Crippen LogP contribution in [0.25, 0.3) is 0 Å². The van der Waals surface area contributed by atoms with Crippen molar-refractivity contribution < 1.29 is 5.11 Å². The minimum Gasteiger partial charge on any atom is -0.393 e. The summed E-state index contributed by atoms with van der Waals surface area (Å²) in [6.45, 7) is 9.35. The fourth-order valence-electron chi connectivity index (χ4n) is 4.76. The van der Waals surface area contributed by atoms with Crippen LogP contribution in [0.3, 0.4) is 0 Å². The van der Waals surface area contributed by atoms with Crippen molar-refractivity contribution in [3.63, 3.8) is 0 Å². The minimum atomic E-state index is -0.0547. The summed E-state index contributed by atoms with van der Waals surface area (Å²) in [5, 5.41) is 10.3. The Morgan fingerprint density at radius 1 is 1.31 bits per heavy atom. The standard InChI is InChI=1S/C15H24O/c1-8-5-6-10-9(2)7-11(16)13-14(12(8)10)15(13,3)4/h9-11,13-14,16H,5-7H2,1-4H3/t9-,10-,11+,13-,14+/m1/s1. The van der Waals surface area contributed by atoms with E-state index in [0.717, 1.165) is 12.3 Å². The molecule has 0 aromatic rings. The van der Waals surface area contributed by atoms with Gasteiger partial charge in [0, 0.05) is 0 Å². The van der Waals surface area contributed by atoms with Gasteiger partial charge in [-0.2, -0.15) is 0 Å². The molecule has 0 aromatic heterocycles. The van der Waals surface area contributed by atoms with Gasteiger partial charge in [-0.25, -0.2) is 0 Å². The van der Waals surface area contributed by atoms with Crippen LogP contribution in [0, 0.1) is 29.1 Å². The van der Waals surface area contributed by atoms with Crippen molar-refractivity contribution in [1.29, 1.82) is 0 Å². The predicted octanol–water partition coefficient (Wildman–Crippen LogP) is 3.39. The lowest BCUT2D eigenvalue weighted by molar-refractivity contribution is 0.106. The molecule has 3 aliphatic rings. The summed E-state index contributed by atoms with van der Waals surface area (Å²) in [7, 11) is 0. The van der Waals surface area contributed by atoms with E-state index in [1.165, 1.54) is 12.8 Å². The Kier molecular flexibility index (Phi) is 2.12. The van der Waals surface area contributed by atoms with Gasteiger partial charge in [-0.1, -0.05) is 31.9 Å². The van der Waals surface area contributed by atoms with E-state index in [2.05, 4.69) is 27.7 Å². The molecule has 16 heavy (non-hydrogen) atoms. The van der Waals surface area contributed by atoms with Crippen LogP contribution in [0.1, 0.15) is 47.0 Å². The van der Waals surface area contributed by atoms with Crippen LogP contribution in [-0.2, 0) is 0 Å². The Bertz CT molecular complexity index is 352. The van der Waals surface area contributed by atoms with Crippen LogP contribution in [0.15, 0.2) is 11.1 Å². The van der Waals surface area contributed by atoms with E-state index < -0.39 is 0 Å². The van der Waals surface area contributed by atoms with Gasteiger partial charge < -0.3 is 5.11 Å².